The highest BCUT2D eigenvalue weighted by molar-refractivity contribution is 5.21. The maximum absolute atomic E-state index is 6.18. The summed E-state index contributed by atoms with van der Waals surface area (Å²) >= 11 is 0. The molecule has 0 spiro atoms. The van der Waals surface area contributed by atoms with Crippen LogP contribution in [0.25, 0.3) is 0 Å². The average molecular weight is 349 g/mol. The van der Waals surface area contributed by atoms with Crippen LogP contribution in [0.1, 0.15) is 71.4 Å². The van der Waals surface area contributed by atoms with Gasteiger partial charge in [-0.25, -0.2) is 0 Å². The second-order valence-corrected chi connectivity index (χ2v) is 8.28. The molecule has 0 aromatic heterocycles. The van der Waals surface area contributed by atoms with E-state index in [-0.39, 0.29) is 17.3 Å². The minimum absolute atomic E-state index is 0.201. The third kappa shape index (κ3) is 6.73. The number of aryl methyl sites for hydroxylation is 1. The molecule has 1 aliphatic heterocycles. The maximum Gasteiger partial charge on any atom is 0.0886 e. The minimum atomic E-state index is -0.230. The van der Waals surface area contributed by atoms with Crippen LogP contribution in [0.15, 0.2) is 24.3 Å². The van der Waals surface area contributed by atoms with Crippen LogP contribution in [-0.2, 0) is 27.2 Å². The fourth-order valence-corrected chi connectivity index (χ4v) is 3.16. The Hall–Kier alpha value is -0.900. The quantitative estimate of drug-likeness (QED) is 0.606. The molecule has 1 heterocycles. The Bertz CT molecular complexity index is 499. The molecule has 1 aliphatic rings. The van der Waals surface area contributed by atoms with Crippen molar-refractivity contribution in [2.75, 3.05) is 13.2 Å². The predicted molar refractivity (Wildman–Crippen MR) is 103 cm³/mol. The summed E-state index contributed by atoms with van der Waals surface area (Å²) in [4.78, 5) is 0. The zero-order chi connectivity index (χ0) is 18.3. The van der Waals surface area contributed by atoms with Gasteiger partial charge in [-0.1, -0.05) is 31.2 Å². The summed E-state index contributed by atoms with van der Waals surface area (Å²) < 4.78 is 18.2. The van der Waals surface area contributed by atoms with E-state index < -0.39 is 0 Å². The van der Waals surface area contributed by atoms with Gasteiger partial charge in [0, 0.05) is 6.61 Å². The van der Waals surface area contributed by atoms with E-state index in [0.717, 1.165) is 25.9 Å². The van der Waals surface area contributed by atoms with Gasteiger partial charge in [-0.15, -0.1) is 0 Å². The van der Waals surface area contributed by atoms with Gasteiger partial charge >= 0.3 is 0 Å². The van der Waals surface area contributed by atoms with Crippen LogP contribution in [0.4, 0.5) is 0 Å². The Morgan fingerprint density at radius 1 is 1.00 bits per heavy atom. The third-order valence-electron chi connectivity index (χ3n) is 5.19. The number of benzene rings is 1. The van der Waals surface area contributed by atoms with Gasteiger partial charge < -0.3 is 14.2 Å². The monoisotopic (exact) mass is 348 g/mol. The molecule has 0 amide bonds. The molecule has 0 saturated carbocycles. The summed E-state index contributed by atoms with van der Waals surface area (Å²) in [6.07, 6.45) is 5.67. The Morgan fingerprint density at radius 2 is 1.68 bits per heavy atom. The molecule has 1 aromatic carbocycles. The SMILES string of the molecule is CCc1ccc(COC(C)(C)CCOC(C)(C)C2CCCCO2)cc1. The van der Waals surface area contributed by atoms with Gasteiger partial charge in [-0.3, -0.25) is 0 Å². The van der Waals surface area contributed by atoms with Gasteiger partial charge in [0.25, 0.3) is 0 Å². The molecular formula is C22H36O3. The van der Waals surface area contributed by atoms with E-state index in [1.165, 1.54) is 24.0 Å². The van der Waals surface area contributed by atoms with Gasteiger partial charge in [0.05, 0.1) is 30.5 Å². The number of ether oxygens (including phenoxy) is 3. The lowest BCUT2D eigenvalue weighted by Gasteiger charge is -2.37. The molecule has 0 aliphatic carbocycles. The zero-order valence-corrected chi connectivity index (χ0v) is 16.8. The van der Waals surface area contributed by atoms with E-state index in [2.05, 4.69) is 58.9 Å². The number of rotatable bonds is 9. The molecule has 3 heteroatoms. The highest BCUT2D eigenvalue weighted by atomic mass is 16.6. The summed E-state index contributed by atoms with van der Waals surface area (Å²) in [6.45, 7) is 12.9. The summed E-state index contributed by atoms with van der Waals surface area (Å²) in [5.74, 6) is 0. The van der Waals surface area contributed by atoms with Crippen LogP contribution in [0.2, 0.25) is 0 Å². The molecule has 1 unspecified atom stereocenters. The van der Waals surface area contributed by atoms with Crippen LogP contribution < -0.4 is 0 Å². The van der Waals surface area contributed by atoms with Crippen molar-refractivity contribution in [1.82, 2.24) is 0 Å². The first-order valence-corrected chi connectivity index (χ1v) is 9.80. The van der Waals surface area contributed by atoms with Crippen molar-refractivity contribution in [3.8, 4) is 0 Å². The molecule has 0 radical (unpaired) electrons. The van der Waals surface area contributed by atoms with Crippen molar-refractivity contribution in [2.45, 2.75) is 90.6 Å². The van der Waals surface area contributed by atoms with E-state index in [9.17, 15) is 0 Å². The van der Waals surface area contributed by atoms with Crippen molar-refractivity contribution >= 4 is 0 Å². The fourth-order valence-electron chi connectivity index (χ4n) is 3.16. The summed E-state index contributed by atoms with van der Waals surface area (Å²) in [6, 6.07) is 8.69. The highest BCUT2D eigenvalue weighted by Crippen LogP contribution is 2.27. The molecule has 142 valence electrons. The molecule has 0 bridgehead atoms. The Morgan fingerprint density at radius 3 is 2.28 bits per heavy atom. The topological polar surface area (TPSA) is 27.7 Å². The lowest BCUT2D eigenvalue weighted by molar-refractivity contribution is -0.151. The van der Waals surface area contributed by atoms with Gasteiger partial charge in [0.1, 0.15) is 0 Å². The molecule has 1 fully saturated rings. The largest absolute Gasteiger partial charge is 0.375 e. The molecule has 2 rings (SSSR count). The fraction of sp³-hybridized carbons (Fsp3) is 0.727. The molecule has 25 heavy (non-hydrogen) atoms. The minimum Gasteiger partial charge on any atom is -0.375 e. The van der Waals surface area contributed by atoms with Crippen molar-refractivity contribution < 1.29 is 14.2 Å². The van der Waals surface area contributed by atoms with Crippen LogP contribution in [0.3, 0.4) is 0 Å². The van der Waals surface area contributed by atoms with E-state index in [1.54, 1.807) is 0 Å². The Balaban J connectivity index is 1.74. The predicted octanol–water partition coefficient (Wildman–Crippen LogP) is 5.30. The first-order valence-electron chi connectivity index (χ1n) is 9.80. The van der Waals surface area contributed by atoms with E-state index in [0.29, 0.717) is 13.2 Å². The first-order chi connectivity index (χ1) is 11.8. The van der Waals surface area contributed by atoms with Crippen LogP contribution >= 0.6 is 0 Å². The third-order valence-corrected chi connectivity index (χ3v) is 5.19. The Labute approximate surface area is 154 Å². The van der Waals surface area contributed by atoms with Crippen molar-refractivity contribution in [2.24, 2.45) is 0 Å². The van der Waals surface area contributed by atoms with Gasteiger partial charge in [0.2, 0.25) is 0 Å². The molecular weight excluding hydrogens is 312 g/mol. The highest BCUT2D eigenvalue weighted by Gasteiger charge is 2.33. The molecule has 1 aromatic rings. The number of hydrogen-bond acceptors (Lipinski definition) is 3. The summed E-state index contributed by atoms with van der Waals surface area (Å²) in [5.41, 5.74) is 2.16. The van der Waals surface area contributed by atoms with E-state index in [1.807, 2.05) is 0 Å². The number of hydrogen-bond donors (Lipinski definition) is 0. The average Bonchev–Trinajstić information content (AvgIpc) is 2.61. The second-order valence-electron chi connectivity index (χ2n) is 8.28. The lowest BCUT2D eigenvalue weighted by Crippen LogP contribution is -2.43. The molecule has 3 nitrogen and oxygen atoms in total. The standard InChI is InChI=1S/C22H36O3/c1-6-18-10-12-19(13-11-18)17-25-21(2,3)14-16-24-22(4,5)20-9-7-8-15-23-20/h10-13,20H,6-9,14-17H2,1-5H3. The maximum atomic E-state index is 6.18. The van der Waals surface area contributed by atoms with Crippen LogP contribution in [-0.4, -0.2) is 30.5 Å². The van der Waals surface area contributed by atoms with Crippen molar-refractivity contribution in [3.05, 3.63) is 35.4 Å². The Kier molecular flexibility index (Phi) is 7.48. The summed E-state index contributed by atoms with van der Waals surface area (Å²) in [5, 5.41) is 0. The van der Waals surface area contributed by atoms with E-state index in [4.69, 9.17) is 14.2 Å². The van der Waals surface area contributed by atoms with Gasteiger partial charge in [0.15, 0.2) is 0 Å². The zero-order valence-electron chi connectivity index (χ0n) is 16.8. The molecule has 1 atom stereocenters. The van der Waals surface area contributed by atoms with Gasteiger partial charge in [-0.2, -0.15) is 0 Å². The summed E-state index contributed by atoms with van der Waals surface area (Å²) in [7, 11) is 0. The first kappa shape index (κ1) is 20.4. The van der Waals surface area contributed by atoms with Crippen LogP contribution in [0.5, 0.6) is 0 Å². The smallest absolute Gasteiger partial charge is 0.0886 e. The normalized spacial score (nSPS) is 19.2. The van der Waals surface area contributed by atoms with Crippen molar-refractivity contribution in [3.63, 3.8) is 0 Å². The second kappa shape index (κ2) is 9.16. The van der Waals surface area contributed by atoms with Crippen molar-refractivity contribution in [1.29, 1.82) is 0 Å². The molecule has 1 saturated heterocycles. The molecule has 0 N–H and O–H groups in total. The van der Waals surface area contributed by atoms with E-state index >= 15 is 0 Å². The van der Waals surface area contributed by atoms with Gasteiger partial charge in [-0.05, 0) is 70.9 Å². The lowest BCUT2D eigenvalue weighted by atomic mass is 9.94. The van der Waals surface area contributed by atoms with Crippen LogP contribution in [0, 0.1) is 0 Å².